The van der Waals surface area contributed by atoms with Crippen LogP contribution in [0.25, 0.3) is 0 Å². The summed E-state index contributed by atoms with van der Waals surface area (Å²) in [6.45, 7) is 12.9. The van der Waals surface area contributed by atoms with E-state index in [9.17, 15) is 10.1 Å². The molecule has 0 N–H and O–H groups in total. The van der Waals surface area contributed by atoms with Crippen LogP contribution in [0.15, 0.2) is 50.2 Å². The van der Waals surface area contributed by atoms with Crippen molar-refractivity contribution in [3.63, 3.8) is 0 Å². The quantitative estimate of drug-likeness (QED) is 0.354. The predicted molar refractivity (Wildman–Crippen MR) is 46.7 cm³/mol. The van der Waals surface area contributed by atoms with Crippen molar-refractivity contribution in [2.24, 2.45) is 0 Å². The van der Waals surface area contributed by atoms with Crippen molar-refractivity contribution in [1.29, 1.82) is 0 Å². The van der Waals surface area contributed by atoms with Crippen LogP contribution in [0.4, 0.5) is 0 Å². The Hall–Kier alpha value is -1.64. The second-order valence-electron chi connectivity index (χ2n) is 1.42. The summed E-state index contributed by atoms with van der Waals surface area (Å²) in [4.78, 5) is 8.97. The average Bonchev–Trinajstić information content (AvgIpc) is 2.03. The Balaban J connectivity index is 0. The van der Waals surface area contributed by atoms with E-state index >= 15 is 0 Å². The van der Waals surface area contributed by atoms with Gasteiger partial charge in [0.15, 0.2) is 0 Å². The third-order valence-electron chi connectivity index (χ3n) is 0.637. The summed E-state index contributed by atoms with van der Waals surface area (Å²) in [5.41, 5.74) is -0.167. The molecule has 0 aromatic carbocycles. The van der Waals surface area contributed by atoms with Gasteiger partial charge in [-0.15, -0.1) is 0 Å². The van der Waals surface area contributed by atoms with Crippen LogP contribution < -0.4 is 0 Å². The van der Waals surface area contributed by atoms with Crippen molar-refractivity contribution in [3.05, 3.63) is 60.4 Å². The van der Waals surface area contributed by atoms with Crippen molar-refractivity contribution in [1.82, 2.24) is 0 Å². The van der Waals surface area contributed by atoms with Crippen molar-refractivity contribution >= 4 is 0 Å². The largest absolute Gasteiger partial charge is 0.261 e. The van der Waals surface area contributed by atoms with Gasteiger partial charge in [0, 0.05) is 6.08 Å². The van der Waals surface area contributed by atoms with Crippen LogP contribution in [0, 0.1) is 10.1 Å². The Labute approximate surface area is 66.2 Å². The summed E-state index contributed by atoms with van der Waals surface area (Å²) < 4.78 is 0. The van der Waals surface area contributed by atoms with Gasteiger partial charge in [-0.1, -0.05) is 31.9 Å². The van der Waals surface area contributed by atoms with Gasteiger partial charge in [0.05, 0.1) is 4.92 Å². The minimum absolute atomic E-state index is 0.167. The van der Waals surface area contributed by atoms with Gasteiger partial charge in [-0.3, -0.25) is 10.1 Å². The smallest absolute Gasteiger partial charge is 0.258 e. The van der Waals surface area contributed by atoms with E-state index in [-0.39, 0.29) is 5.70 Å². The summed E-state index contributed by atoms with van der Waals surface area (Å²) in [7, 11) is 0. The minimum atomic E-state index is -0.590. The van der Waals surface area contributed by atoms with Crippen LogP contribution >= 0.6 is 0 Å². The highest BCUT2D eigenvalue weighted by Gasteiger charge is 1.94. The maximum absolute atomic E-state index is 9.57. The summed E-state index contributed by atoms with van der Waals surface area (Å²) >= 11 is 0. The summed E-state index contributed by atoms with van der Waals surface area (Å²) in [6, 6.07) is 0. The van der Waals surface area contributed by atoms with E-state index < -0.39 is 4.92 Å². The van der Waals surface area contributed by atoms with Crippen LogP contribution in [0.2, 0.25) is 0 Å². The Morgan fingerprint density at radius 2 is 1.64 bits per heavy atom. The van der Waals surface area contributed by atoms with Crippen molar-refractivity contribution in [2.75, 3.05) is 0 Å². The van der Waals surface area contributed by atoms with Gasteiger partial charge in [-0.25, -0.2) is 0 Å². The molecule has 3 heteroatoms. The highest BCUT2D eigenvalue weighted by atomic mass is 16.6. The van der Waals surface area contributed by atoms with E-state index in [1.165, 1.54) is 0 Å². The van der Waals surface area contributed by atoms with Gasteiger partial charge in [0.2, 0.25) is 0 Å². The van der Waals surface area contributed by atoms with E-state index in [2.05, 4.69) is 26.3 Å². The monoisotopic (exact) mass is 153 g/mol. The Bertz CT molecular complexity index is 177. The molecule has 3 nitrogen and oxygen atoms in total. The molecule has 0 aliphatic carbocycles. The fourth-order valence-corrected chi connectivity index (χ4v) is 0.0745. The molecule has 0 fully saturated rings. The molecule has 0 unspecified atom stereocenters. The zero-order valence-electron chi connectivity index (χ0n) is 6.32. The van der Waals surface area contributed by atoms with E-state index in [0.29, 0.717) is 0 Å². The Morgan fingerprint density at radius 1 is 1.27 bits per heavy atom. The van der Waals surface area contributed by atoms with Gasteiger partial charge in [-0.05, 0) is 6.58 Å². The molecule has 0 saturated heterocycles. The van der Waals surface area contributed by atoms with Crippen LogP contribution in [0.3, 0.4) is 0 Å². The topological polar surface area (TPSA) is 43.1 Å². The summed E-state index contributed by atoms with van der Waals surface area (Å²) in [5, 5.41) is 9.57. The van der Waals surface area contributed by atoms with E-state index in [1.54, 1.807) is 12.2 Å². The van der Waals surface area contributed by atoms with Crippen LogP contribution in [-0.4, -0.2) is 4.92 Å². The number of hydrogen-bond donors (Lipinski definition) is 0. The highest BCUT2D eigenvalue weighted by molar-refractivity contribution is 4.99. The third kappa shape index (κ3) is 11.8. The van der Waals surface area contributed by atoms with E-state index in [0.717, 1.165) is 6.08 Å². The molecule has 0 bridgehead atoms. The molecule has 0 spiro atoms. The van der Waals surface area contributed by atoms with Gasteiger partial charge >= 0.3 is 0 Å². The number of nitro groups is 1. The molecule has 0 amide bonds. The average molecular weight is 153 g/mol. The van der Waals surface area contributed by atoms with Gasteiger partial charge in [0.25, 0.3) is 5.70 Å². The van der Waals surface area contributed by atoms with Crippen LogP contribution in [0.1, 0.15) is 0 Å². The third-order valence-corrected chi connectivity index (χ3v) is 0.637. The second-order valence-corrected chi connectivity index (χ2v) is 1.42. The first-order valence-electron chi connectivity index (χ1n) is 2.79. The van der Waals surface area contributed by atoms with Gasteiger partial charge in [0.1, 0.15) is 0 Å². The molecule has 11 heavy (non-hydrogen) atoms. The molecule has 0 saturated carbocycles. The van der Waals surface area contributed by atoms with Crippen LogP contribution in [-0.2, 0) is 0 Å². The zero-order chi connectivity index (χ0) is 9.28. The fourth-order valence-electron chi connectivity index (χ4n) is 0.0745. The maximum atomic E-state index is 9.57. The number of hydrogen-bond acceptors (Lipinski definition) is 2. The first kappa shape index (κ1) is 12.1. The molecule has 0 aromatic heterocycles. The molecule has 0 aliphatic heterocycles. The van der Waals surface area contributed by atoms with Crippen LogP contribution in [0.5, 0.6) is 0 Å². The van der Waals surface area contributed by atoms with Gasteiger partial charge < -0.3 is 0 Å². The Morgan fingerprint density at radius 3 is 1.64 bits per heavy atom. The molecule has 0 rings (SSSR count). The lowest BCUT2D eigenvalue weighted by molar-refractivity contribution is -0.418. The Kier molecular flexibility index (Phi) is 9.18. The molecule has 0 radical (unpaired) electrons. The normalized spacial score (nSPS) is 6.55. The molecular formula is C8H11NO2. The van der Waals surface area contributed by atoms with E-state index in [1.807, 2.05) is 0 Å². The van der Waals surface area contributed by atoms with Crippen molar-refractivity contribution < 1.29 is 4.92 Å². The lowest BCUT2D eigenvalue weighted by atomic mass is 10.5. The molecule has 60 valence electrons. The summed E-state index contributed by atoms with van der Waals surface area (Å²) in [6.07, 6.45) is 4.38. The van der Waals surface area contributed by atoms with Crippen molar-refractivity contribution in [3.8, 4) is 0 Å². The number of allylic oxidation sites excluding steroid dienone is 3. The molecule has 0 aliphatic rings. The van der Waals surface area contributed by atoms with E-state index in [4.69, 9.17) is 0 Å². The van der Waals surface area contributed by atoms with Gasteiger partial charge in [-0.2, -0.15) is 0 Å². The fraction of sp³-hybridized carbons (Fsp3) is 0. The molecule has 0 aromatic rings. The zero-order valence-corrected chi connectivity index (χ0v) is 6.32. The minimum Gasteiger partial charge on any atom is -0.258 e. The summed E-state index contributed by atoms with van der Waals surface area (Å²) in [5.74, 6) is 0. The SMILES string of the molecule is C=CC(=C)[N+](=O)[O-].C=CC=C. The standard InChI is InChI=1S/C4H5NO2.C4H6/c1-3-4(2)5(6)7;1-3-4-2/h3H,1-2H2;3-4H,1-2H2. The second kappa shape index (κ2) is 8.36. The molecule has 0 atom stereocenters. The first-order chi connectivity index (χ1) is 5.09. The maximum Gasteiger partial charge on any atom is 0.261 e. The first-order valence-corrected chi connectivity index (χ1v) is 2.79. The highest BCUT2D eigenvalue weighted by Crippen LogP contribution is 1.87. The lowest BCUT2D eigenvalue weighted by Gasteiger charge is -1.80. The lowest BCUT2D eigenvalue weighted by Crippen LogP contribution is -1.90. The number of nitrogens with zero attached hydrogens (tertiary/aromatic N) is 1. The number of rotatable bonds is 3. The predicted octanol–water partition coefficient (Wildman–Crippen LogP) is 2.32. The molecule has 0 heterocycles. The van der Waals surface area contributed by atoms with Crippen molar-refractivity contribution in [2.45, 2.75) is 0 Å². The molecular weight excluding hydrogens is 142 g/mol.